The van der Waals surface area contributed by atoms with Crippen molar-refractivity contribution in [3.63, 3.8) is 0 Å². The van der Waals surface area contributed by atoms with Gasteiger partial charge in [-0.2, -0.15) is 0 Å². The Morgan fingerprint density at radius 2 is 1.68 bits per heavy atom. The van der Waals surface area contributed by atoms with E-state index in [0.29, 0.717) is 18.0 Å². The van der Waals surface area contributed by atoms with Gasteiger partial charge in [0.25, 0.3) is 0 Å². The van der Waals surface area contributed by atoms with Crippen LogP contribution in [0.2, 0.25) is 0 Å². The summed E-state index contributed by atoms with van der Waals surface area (Å²) in [7, 11) is 3.85. The zero-order valence-electron chi connectivity index (χ0n) is 15.0. The van der Waals surface area contributed by atoms with E-state index in [9.17, 15) is 5.11 Å². The Morgan fingerprint density at radius 1 is 1.08 bits per heavy atom. The van der Waals surface area contributed by atoms with Crippen LogP contribution >= 0.6 is 0 Å². The number of rotatable bonds is 4. The zero-order valence-corrected chi connectivity index (χ0v) is 15.0. The van der Waals surface area contributed by atoms with Gasteiger partial charge in [0, 0.05) is 50.7 Å². The topological polar surface area (TPSA) is 52.5 Å². The number of piperidine rings is 1. The molecule has 0 saturated carbocycles. The molecular weight excluding hydrogens is 312 g/mol. The zero-order chi connectivity index (χ0) is 17.4. The van der Waals surface area contributed by atoms with Crippen LogP contribution in [0.15, 0.2) is 42.7 Å². The maximum atomic E-state index is 11.3. The number of nitrogens with zero attached hydrogens (tertiary/aromatic N) is 4. The minimum atomic E-state index is -0.802. The fraction of sp³-hybridized carbons (Fsp3) is 0.500. The third-order valence-electron chi connectivity index (χ3n) is 5.70. The highest BCUT2D eigenvalue weighted by molar-refractivity contribution is 5.29. The van der Waals surface area contributed by atoms with Gasteiger partial charge in [0.2, 0.25) is 5.95 Å². The van der Waals surface area contributed by atoms with Gasteiger partial charge in [-0.1, -0.05) is 30.3 Å². The highest BCUT2D eigenvalue weighted by atomic mass is 16.3. The largest absolute Gasteiger partial charge is 0.385 e. The summed E-state index contributed by atoms with van der Waals surface area (Å²) in [6.45, 7) is 0.975. The van der Waals surface area contributed by atoms with E-state index in [1.54, 1.807) is 12.4 Å². The third-order valence-corrected chi connectivity index (χ3v) is 5.70. The van der Waals surface area contributed by atoms with Crippen molar-refractivity contribution in [3.05, 3.63) is 53.9 Å². The first-order valence-corrected chi connectivity index (χ1v) is 9.07. The van der Waals surface area contributed by atoms with Gasteiger partial charge >= 0.3 is 0 Å². The highest BCUT2D eigenvalue weighted by Gasteiger charge is 2.48. The lowest BCUT2D eigenvalue weighted by atomic mass is 9.81. The van der Waals surface area contributed by atoms with Crippen molar-refractivity contribution in [1.29, 1.82) is 0 Å². The van der Waals surface area contributed by atoms with Gasteiger partial charge in [0.15, 0.2) is 0 Å². The van der Waals surface area contributed by atoms with E-state index in [1.807, 2.05) is 19.0 Å². The van der Waals surface area contributed by atoms with Crippen LogP contribution in [0, 0.1) is 0 Å². The maximum Gasteiger partial charge on any atom is 0.224 e. The average Bonchev–Trinajstić information content (AvgIpc) is 2.87. The van der Waals surface area contributed by atoms with Crippen molar-refractivity contribution in [2.75, 3.05) is 19.0 Å². The molecule has 1 aromatic carbocycles. The highest BCUT2D eigenvalue weighted by Crippen LogP contribution is 2.46. The Kier molecular flexibility index (Phi) is 4.21. The van der Waals surface area contributed by atoms with Gasteiger partial charge in [0.05, 0.1) is 5.60 Å². The molecule has 0 amide bonds. The Morgan fingerprint density at radius 3 is 2.24 bits per heavy atom. The lowest BCUT2D eigenvalue weighted by Crippen LogP contribution is -2.49. The molecule has 2 fully saturated rings. The lowest BCUT2D eigenvalue weighted by molar-refractivity contribution is -0.0599. The maximum absolute atomic E-state index is 11.3. The van der Waals surface area contributed by atoms with E-state index in [1.165, 1.54) is 5.56 Å². The number of fused-ring (bicyclic) bond motifs is 2. The van der Waals surface area contributed by atoms with Crippen LogP contribution in [-0.2, 0) is 12.1 Å². The fourth-order valence-corrected chi connectivity index (χ4v) is 4.40. The molecule has 0 radical (unpaired) electrons. The van der Waals surface area contributed by atoms with E-state index in [2.05, 4.69) is 45.2 Å². The summed E-state index contributed by atoms with van der Waals surface area (Å²) >= 11 is 0. The number of aliphatic hydroxyl groups is 1. The fourth-order valence-electron chi connectivity index (χ4n) is 4.40. The van der Waals surface area contributed by atoms with Crippen LogP contribution in [0.4, 0.5) is 5.95 Å². The van der Waals surface area contributed by atoms with Crippen LogP contribution in [0.3, 0.4) is 0 Å². The quantitative estimate of drug-likeness (QED) is 0.928. The Bertz CT molecular complexity index is 702. The first-order valence-electron chi connectivity index (χ1n) is 9.07. The summed E-state index contributed by atoms with van der Waals surface area (Å²) in [5.74, 6) is 0.678. The molecule has 2 aliphatic rings. The number of hydrogen-bond acceptors (Lipinski definition) is 5. The molecule has 5 heteroatoms. The van der Waals surface area contributed by atoms with Gasteiger partial charge < -0.3 is 10.0 Å². The monoisotopic (exact) mass is 338 g/mol. The van der Waals surface area contributed by atoms with E-state index in [0.717, 1.165) is 37.8 Å². The second-order valence-corrected chi connectivity index (χ2v) is 7.65. The summed E-state index contributed by atoms with van der Waals surface area (Å²) in [5.41, 5.74) is 1.40. The number of aromatic nitrogens is 2. The molecule has 1 aromatic heterocycles. The molecule has 4 rings (SSSR count). The SMILES string of the molecule is CN(C)c1ncc(C2(O)CC3CCC(C2)N3Cc2ccccc2)cn1. The summed E-state index contributed by atoms with van der Waals surface area (Å²) in [6.07, 6.45) is 7.46. The van der Waals surface area contributed by atoms with E-state index >= 15 is 0 Å². The van der Waals surface area contributed by atoms with E-state index in [-0.39, 0.29) is 0 Å². The van der Waals surface area contributed by atoms with Gasteiger partial charge in [-0.15, -0.1) is 0 Å². The Labute approximate surface area is 149 Å². The molecule has 5 nitrogen and oxygen atoms in total. The molecule has 2 aliphatic heterocycles. The average molecular weight is 338 g/mol. The second kappa shape index (κ2) is 6.39. The van der Waals surface area contributed by atoms with Crippen molar-refractivity contribution >= 4 is 5.95 Å². The minimum Gasteiger partial charge on any atom is -0.385 e. The molecule has 132 valence electrons. The minimum absolute atomic E-state index is 0.428. The Hall–Kier alpha value is -1.98. The predicted octanol–water partition coefficient (Wildman–Crippen LogP) is 2.56. The first kappa shape index (κ1) is 16.5. The molecule has 2 aromatic rings. The van der Waals surface area contributed by atoms with Crippen molar-refractivity contribution < 1.29 is 5.11 Å². The summed E-state index contributed by atoms with van der Waals surface area (Å²) in [4.78, 5) is 13.3. The van der Waals surface area contributed by atoms with Crippen LogP contribution in [0.5, 0.6) is 0 Å². The predicted molar refractivity (Wildman–Crippen MR) is 98.3 cm³/mol. The normalized spacial score (nSPS) is 28.9. The first-order chi connectivity index (χ1) is 12.0. The summed E-state index contributed by atoms with van der Waals surface area (Å²) in [6, 6.07) is 11.5. The van der Waals surface area contributed by atoms with Gasteiger partial charge in [-0.25, -0.2) is 9.97 Å². The number of anilines is 1. The smallest absolute Gasteiger partial charge is 0.224 e. The molecule has 25 heavy (non-hydrogen) atoms. The van der Waals surface area contributed by atoms with Gasteiger partial charge in [0.1, 0.15) is 0 Å². The molecule has 0 aliphatic carbocycles. The van der Waals surface area contributed by atoms with Crippen LogP contribution in [0.1, 0.15) is 36.8 Å². The van der Waals surface area contributed by atoms with Crippen molar-refractivity contribution in [2.45, 2.75) is 49.9 Å². The number of benzene rings is 1. The number of hydrogen-bond donors (Lipinski definition) is 1. The lowest BCUT2D eigenvalue weighted by Gasteiger charge is -2.44. The van der Waals surface area contributed by atoms with Gasteiger partial charge in [-0.05, 0) is 31.2 Å². The second-order valence-electron chi connectivity index (χ2n) is 7.65. The molecule has 2 atom stereocenters. The third kappa shape index (κ3) is 3.14. The molecular formula is C20H26N4O. The van der Waals surface area contributed by atoms with E-state index < -0.39 is 5.60 Å². The standard InChI is InChI=1S/C20H26N4O/c1-23(2)19-21-12-16(13-22-19)20(25)10-17-8-9-18(11-20)24(17)14-15-6-4-3-5-7-15/h3-7,12-13,17-18,25H,8-11,14H2,1-2H3. The summed E-state index contributed by atoms with van der Waals surface area (Å²) in [5, 5.41) is 11.3. The van der Waals surface area contributed by atoms with Crippen molar-refractivity contribution in [3.8, 4) is 0 Å². The molecule has 2 saturated heterocycles. The molecule has 2 unspecified atom stereocenters. The van der Waals surface area contributed by atoms with Crippen LogP contribution in [-0.4, -0.2) is 46.2 Å². The molecule has 3 heterocycles. The van der Waals surface area contributed by atoms with Crippen molar-refractivity contribution in [2.24, 2.45) is 0 Å². The molecule has 0 spiro atoms. The van der Waals surface area contributed by atoms with Gasteiger partial charge in [-0.3, -0.25) is 4.90 Å². The van der Waals surface area contributed by atoms with Crippen LogP contribution in [0.25, 0.3) is 0 Å². The Balaban J connectivity index is 1.52. The van der Waals surface area contributed by atoms with Crippen LogP contribution < -0.4 is 4.90 Å². The van der Waals surface area contributed by atoms with Crippen molar-refractivity contribution in [1.82, 2.24) is 14.9 Å². The molecule has 2 bridgehead atoms. The summed E-state index contributed by atoms with van der Waals surface area (Å²) < 4.78 is 0. The molecule has 1 N–H and O–H groups in total. The van der Waals surface area contributed by atoms with E-state index in [4.69, 9.17) is 0 Å².